The van der Waals surface area contributed by atoms with Crippen molar-refractivity contribution in [3.05, 3.63) is 70.3 Å². The summed E-state index contributed by atoms with van der Waals surface area (Å²) in [5.74, 6) is 1.42. The molecule has 2 aromatic heterocycles. The highest BCUT2D eigenvalue weighted by Crippen LogP contribution is 2.45. The lowest BCUT2D eigenvalue weighted by Gasteiger charge is -2.25. The van der Waals surface area contributed by atoms with Crippen LogP contribution in [0.25, 0.3) is 21.3 Å². The molecule has 0 saturated carbocycles. The van der Waals surface area contributed by atoms with Gasteiger partial charge in [0.25, 0.3) is 0 Å². The van der Waals surface area contributed by atoms with Gasteiger partial charge >= 0.3 is 0 Å². The van der Waals surface area contributed by atoms with Crippen LogP contribution in [0, 0.1) is 0 Å². The highest BCUT2D eigenvalue weighted by atomic mass is 35.5. The maximum Gasteiger partial charge on any atom is 0.225 e. The van der Waals surface area contributed by atoms with Crippen molar-refractivity contribution in [3.63, 3.8) is 0 Å². The van der Waals surface area contributed by atoms with Gasteiger partial charge in [-0.25, -0.2) is 4.98 Å². The molecule has 0 fully saturated rings. The van der Waals surface area contributed by atoms with E-state index in [1.807, 2.05) is 0 Å². The van der Waals surface area contributed by atoms with Gasteiger partial charge in [0.1, 0.15) is 10.6 Å². The van der Waals surface area contributed by atoms with E-state index in [1.165, 1.54) is 27.9 Å². The first kappa shape index (κ1) is 18.6. The lowest BCUT2D eigenvalue weighted by molar-refractivity contribution is 0.752. The smallest absolute Gasteiger partial charge is 0.225 e. The third-order valence-corrected chi connectivity index (χ3v) is 6.75. The van der Waals surface area contributed by atoms with Crippen LogP contribution in [0.3, 0.4) is 0 Å². The first-order chi connectivity index (χ1) is 14.0. The van der Waals surface area contributed by atoms with Crippen LogP contribution < -0.4 is 4.90 Å². The number of benzene rings is 2. The highest BCUT2D eigenvalue weighted by Gasteiger charge is 2.30. The fraction of sp³-hybridized carbons (Fsp3) is 0.250. The van der Waals surface area contributed by atoms with Crippen LogP contribution in [0.2, 0.25) is 5.28 Å². The van der Waals surface area contributed by atoms with E-state index in [0.29, 0.717) is 17.2 Å². The number of thiophene rings is 1. The van der Waals surface area contributed by atoms with Crippen molar-refractivity contribution in [1.82, 2.24) is 9.97 Å². The monoisotopic (exact) mass is 419 g/mol. The SMILES string of the molecule is CC(C)c1ccc(-c2csc3nc(Cl)nc(N4c5ccccc5CC4C)c23)cc1. The zero-order valence-electron chi connectivity index (χ0n) is 16.7. The Hall–Kier alpha value is -2.43. The summed E-state index contributed by atoms with van der Waals surface area (Å²) in [5.41, 5.74) is 6.26. The van der Waals surface area contributed by atoms with Crippen molar-refractivity contribution in [1.29, 1.82) is 0 Å². The van der Waals surface area contributed by atoms with Crippen LogP contribution in [-0.2, 0) is 6.42 Å². The molecule has 0 spiro atoms. The first-order valence-corrected chi connectivity index (χ1v) is 11.2. The molecule has 2 aromatic carbocycles. The maximum atomic E-state index is 6.35. The molecule has 5 heteroatoms. The first-order valence-electron chi connectivity index (χ1n) is 9.95. The van der Waals surface area contributed by atoms with E-state index in [9.17, 15) is 0 Å². The summed E-state index contributed by atoms with van der Waals surface area (Å²) < 4.78 is 0. The standard InChI is InChI=1S/C24H22ClN3S/c1-14(2)16-8-10-17(11-9-16)19-13-29-23-21(19)22(26-24(25)27-23)28-15(3)12-18-6-4-5-7-20(18)28/h4-11,13-15H,12H2,1-3H3. The van der Waals surface area contributed by atoms with Gasteiger partial charge < -0.3 is 4.90 Å². The number of nitrogens with zero attached hydrogens (tertiary/aromatic N) is 3. The second kappa shape index (κ2) is 7.12. The molecule has 3 nitrogen and oxygen atoms in total. The summed E-state index contributed by atoms with van der Waals surface area (Å²) in [6.07, 6.45) is 1.00. The molecule has 1 aliphatic heterocycles. The van der Waals surface area contributed by atoms with Gasteiger partial charge in [0, 0.05) is 22.7 Å². The van der Waals surface area contributed by atoms with Gasteiger partial charge in [0.2, 0.25) is 5.28 Å². The topological polar surface area (TPSA) is 29.0 Å². The third-order valence-electron chi connectivity index (χ3n) is 5.71. The quantitative estimate of drug-likeness (QED) is 0.328. The number of halogens is 1. The minimum atomic E-state index is 0.299. The van der Waals surface area contributed by atoms with E-state index < -0.39 is 0 Å². The molecule has 1 atom stereocenters. The Bertz CT molecular complexity index is 1200. The maximum absolute atomic E-state index is 6.35. The lowest BCUT2D eigenvalue weighted by Crippen LogP contribution is -2.25. The van der Waals surface area contributed by atoms with Crippen LogP contribution >= 0.6 is 22.9 Å². The molecule has 1 unspecified atom stereocenters. The summed E-state index contributed by atoms with van der Waals surface area (Å²) in [4.78, 5) is 12.5. The van der Waals surface area contributed by atoms with Crippen molar-refractivity contribution in [2.45, 2.75) is 39.2 Å². The number of aromatic nitrogens is 2. The second-order valence-corrected chi connectivity index (χ2v) is 9.17. The summed E-state index contributed by atoms with van der Waals surface area (Å²) in [6.45, 7) is 6.68. The van der Waals surface area contributed by atoms with Gasteiger partial charge in [-0.1, -0.05) is 56.3 Å². The van der Waals surface area contributed by atoms with Crippen molar-refractivity contribution in [2.24, 2.45) is 0 Å². The molecule has 0 radical (unpaired) electrons. The molecule has 29 heavy (non-hydrogen) atoms. The molecule has 5 rings (SSSR count). The zero-order valence-corrected chi connectivity index (χ0v) is 18.3. The molecule has 1 aliphatic rings. The van der Waals surface area contributed by atoms with Crippen molar-refractivity contribution in [2.75, 3.05) is 4.90 Å². The second-order valence-electron chi connectivity index (χ2n) is 7.97. The number of hydrogen-bond donors (Lipinski definition) is 0. The van der Waals surface area contributed by atoms with Crippen molar-refractivity contribution >= 4 is 44.7 Å². The molecule has 3 heterocycles. The Morgan fingerprint density at radius 2 is 1.83 bits per heavy atom. The molecular formula is C24H22ClN3S. The summed E-state index contributed by atoms with van der Waals surface area (Å²) in [7, 11) is 0. The molecular weight excluding hydrogens is 398 g/mol. The van der Waals surface area contributed by atoms with Crippen LogP contribution in [-0.4, -0.2) is 16.0 Å². The Labute approximate surface area is 180 Å². The lowest BCUT2D eigenvalue weighted by atomic mass is 9.99. The number of fused-ring (bicyclic) bond motifs is 2. The number of rotatable bonds is 3. The minimum Gasteiger partial charge on any atom is -0.322 e. The largest absolute Gasteiger partial charge is 0.322 e. The van der Waals surface area contributed by atoms with E-state index >= 15 is 0 Å². The Morgan fingerprint density at radius 1 is 1.07 bits per heavy atom. The fourth-order valence-electron chi connectivity index (χ4n) is 4.22. The molecule has 0 N–H and O–H groups in total. The van der Waals surface area contributed by atoms with Gasteiger partial charge in [0.05, 0.1) is 5.39 Å². The average Bonchev–Trinajstić information content (AvgIpc) is 3.27. The van der Waals surface area contributed by atoms with Gasteiger partial charge in [-0.3, -0.25) is 0 Å². The van der Waals surface area contributed by atoms with Crippen molar-refractivity contribution < 1.29 is 0 Å². The number of hydrogen-bond acceptors (Lipinski definition) is 4. The van der Waals surface area contributed by atoms with E-state index in [1.54, 1.807) is 11.3 Å². The Morgan fingerprint density at radius 3 is 2.59 bits per heavy atom. The van der Waals surface area contributed by atoms with E-state index in [-0.39, 0.29) is 0 Å². The van der Waals surface area contributed by atoms with Crippen LogP contribution in [0.15, 0.2) is 53.9 Å². The molecule has 0 saturated heterocycles. The van der Waals surface area contributed by atoms with Gasteiger partial charge in [-0.15, -0.1) is 11.3 Å². The predicted molar refractivity (Wildman–Crippen MR) is 124 cm³/mol. The third kappa shape index (κ3) is 3.11. The van der Waals surface area contributed by atoms with Gasteiger partial charge in [-0.2, -0.15) is 4.98 Å². The van der Waals surface area contributed by atoms with E-state index in [2.05, 4.69) is 84.6 Å². The molecule has 0 bridgehead atoms. The van der Waals surface area contributed by atoms with Crippen molar-refractivity contribution in [3.8, 4) is 11.1 Å². The predicted octanol–water partition coefficient (Wildman–Crippen LogP) is 7.22. The number of para-hydroxylation sites is 1. The normalized spacial score (nSPS) is 16.0. The molecule has 0 aliphatic carbocycles. The summed E-state index contributed by atoms with van der Waals surface area (Å²) >= 11 is 7.97. The van der Waals surface area contributed by atoms with Crippen LogP contribution in [0.4, 0.5) is 11.5 Å². The number of anilines is 2. The molecule has 4 aromatic rings. The average molecular weight is 420 g/mol. The molecule has 146 valence electrons. The van der Waals surface area contributed by atoms with Crippen LogP contribution in [0.5, 0.6) is 0 Å². The Kier molecular flexibility index (Phi) is 4.56. The van der Waals surface area contributed by atoms with Gasteiger partial charge in [0.15, 0.2) is 0 Å². The zero-order chi connectivity index (χ0) is 20.1. The van der Waals surface area contributed by atoms with Gasteiger partial charge in [-0.05, 0) is 53.6 Å². The molecule has 0 amide bonds. The Balaban J connectivity index is 1.72. The summed E-state index contributed by atoms with van der Waals surface area (Å²) in [6, 6.07) is 17.7. The fourth-order valence-corrected chi connectivity index (χ4v) is 5.38. The summed E-state index contributed by atoms with van der Waals surface area (Å²) in [5, 5.41) is 3.56. The van der Waals surface area contributed by atoms with Crippen LogP contribution in [0.1, 0.15) is 37.8 Å². The van der Waals surface area contributed by atoms with E-state index in [0.717, 1.165) is 22.5 Å². The van der Waals surface area contributed by atoms with E-state index in [4.69, 9.17) is 16.6 Å². The highest BCUT2D eigenvalue weighted by molar-refractivity contribution is 7.17. The minimum absolute atomic E-state index is 0.299.